The Morgan fingerprint density at radius 2 is 2.12 bits per heavy atom. The van der Waals surface area contributed by atoms with Crippen LogP contribution < -0.4 is 5.32 Å². The Labute approximate surface area is 148 Å². The van der Waals surface area contributed by atoms with E-state index in [2.05, 4.69) is 32.8 Å². The molecule has 0 saturated carbocycles. The van der Waals surface area contributed by atoms with Crippen molar-refractivity contribution in [2.24, 2.45) is 0 Å². The number of hydrogen-bond donors (Lipinski definition) is 1. The molecule has 1 fully saturated rings. The van der Waals surface area contributed by atoms with E-state index in [1.54, 1.807) is 0 Å². The molecule has 3 heterocycles. The number of likely N-dealkylation sites (tertiary alicyclic amines) is 1. The summed E-state index contributed by atoms with van der Waals surface area (Å²) in [5, 5.41) is 4.18. The fourth-order valence-electron chi connectivity index (χ4n) is 3.01. The van der Waals surface area contributed by atoms with Gasteiger partial charge in [0.2, 0.25) is 0 Å². The van der Waals surface area contributed by atoms with Crippen LogP contribution in [0.15, 0.2) is 49.3 Å². The average molecular weight is 343 g/mol. The van der Waals surface area contributed by atoms with Gasteiger partial charge in [0.25, 0.3) is 0 Å². The highest BCUT2D eigenvalue weighted by Gasteiger charge is 2.20. The van der Waals surface area contributed by atoms with E-state index in [1.165, 1.54) is 0 Å². The number of nitrogens with zero attached hydrogens (tertiary/aromatic N) is 3. The lowest BCUT2D eigenvalue weighted by Crippen LogP contribution is -2.39. The van der Waals surface area contributed by atoms with Crippen LogP contribution in [0.4, 0.5) is 5.82 Å². The minimum Gasteiger partial charge on any atom is -0.366 e. The van der Waals surface area contributed by atoms with Crippen LogP contribution in [0.25, 0.3) is 0 Å². The van der Waals surface area contributed by atoms with Gasteiger partial charge < -0.3 is 5.32 Å². The van der Waals surface area contributed by atoms with Gasteiger partial charge in [0, 0.05) is 38.1 Å². The van der Waals surface area contributed by atoms with E-state index in [9.17, 15) is 0 Å². The third-order valence-corrected chi connectivity index (χ3v) is 4.61. The normalized spacial score (nSPS) is 16.0. The lowest BCUT2D eigenvalue weighted by molar-refractivity contribution is 0.209. The molecular formula is C19H23ClN4. The molecule has 1 aliphatic heterocycles. The molecule has 2 aromatic heterocycles. The summed E-state index contributed by atoms with van der Waals surface area (Å²) in [7, 11) is 0. The molecule has 0 aliphatic carbocycles. The first-order valence-corrected chi connectivity index (χ1v) is 8.76. The van der Waals surface area contributed by atoms with Gasteiger partial charge >= 0.3 is 0 Å². The van der Waals surface area contributed by atoms with Crippen molar-refractivity contribution in [1.82, 2.24) is 14.9 Å². The molecule has 24 heavy (non-hydrogen) atoms. The van der Waals surface area contributed by atoms with Gasteiger partial charge in [0.05, 0.1) is 10.7 Å². The van der Waals surface area contributed by atoms with Gasteiger partial charge in [0.1, 0.15) is 5.82 Å². The Bertz CT molecular complexity index is 666. The van der Waals surface area contributed by atoms with Gasteiger partial charge in [-0.25, -0.2) is 4.98 Å². The smallest absolute Gasteiger partial charge is 0.144 e. The molecule has 0 aromatic carbocycles. The minimum atomic E-state index is 0.417. The summed E-state index contributed by atoms with van der Waals surface area (Å²) in [4.78, 5) is 11.3. The highest BCUT2D eigenvalue weighted by Crippen LogP contribution is 2.24. The van der Waals surface area contributed by atoms with Crippen molar-refractivity contribution in [2.45, 2.75) is 31.8 Å². The van der Waals surface area contributed by atoms with Gasteiger partial charge in [-0.05, 0) is 43.0 Å². The molecule has 2 aromatic rings. The number of allylic oxidation sites excluding steroid dienone is 1. The van der Waals surface area contributed by atoms with Crippen LogP contribution in [-0.2, 0) is 13.0 Å². The minimum absolute atomic E-state index is 0.417. The molecule has 1 N–H and O–H groups in total. The first-order chi connectivity index (χ1) is 11.7. The third kappa shape index (κ3) is 4.56. The van der Waals surface area contributed by atoms with Crippen LogP contribution in [0.5, 0.6) is 0 Å². The second-order valence-corrected chi connectivity index (χ2v) is 6.59. The Morgan fingerprint density at radius 1 is 1.29 bits per heavy atom. The van der Waals surface area contributed by atoms with Gasteiger partial charge in [-0.15, -0.1) is 6.58 Å². The molecule has 0 atom stereocenters. The molecule has 0 bridgehead atoms. The number of pyridine rings is 2. The number of nitrogens with one attached hydrogen (secondary N) is 1. The van der Waals surface area contributed by atoms with Crippen LogP contribution in [0, 0.1) is 0 Å². The number of halogens is 1. The first-order valence-electron chi connectivity index (χ1n) is 8.38. The summed E-state index contributed by atoms with van der Waals surface area (Å²) >= 11 is 6.34. The van der Waals surface area contributed by atoms with Gasteiger partial charge in [-0.1, -0.05) is 23.7 Å². The largest absolute Gasteiger partial charge is 0.366 e. The molecule has 3 rings (SSSR count). The summed E-state index contributed by atoms with van der Waals surface area (Å²) < 4.78 is 0. The van der Waals surface area contributed by atoms with Crippen molar-refractivity contribution in [1.29, 1.82) is 0 Å². The Hall–Kier alpha value is -1.91. The zero-order valence-electron chi connectivity index (χ0n) is 13.8. The van der Waals surface area contributed by atoms with Gasteiger partial charge in [-0.2, -0.15) is 0 Å². The van der Waals surface area contributed by atoms with Gasteiger partial charge in [-0.3, -0.25) is 9.88 Å². The van der Waals surface area contributed by atoms with Crippen LogP contribution in [0.1, 0.15) is 24.1 Å². The molecule has 4 nitrogen and oxygen atoms in total. The molecule has 0 spiro atoms. The summed E-state index contributed by atoms with van der Waals surface area (Å²) in [6.07, 6.45) is 8.54. The molecule has 5 heteroatoms. The topological polar surface area (TPSA) is 41.1 Å². The van der Waals surface area contributed by atoms with Crippen LogP contribution in [-0.4, -0.2) is 34.0 Å². The summed E-state index contributed by atoms with van der Waals surface area (Å²) in [5.41, 5.74) is 2.22. The van der Waals surface area contributed by atoms with Crippen molar-refractivity contribution in [3.05, 3.63) is 65.6 Å². The quantitative estimate of drug-likeness (QED) is 0.807. The standard InChI is InChI=1S/C19H23ClN4/c1-2-5-15-12-18(20)19(22-13-15)23-16-7-10-24(11-8-16)14-17-6-3-4-9-21-17/h2-4,6,9,12-13,16H,1,5,7-8,10-11,14H2,(H,22,23). The molecular weight excluding hydrogens is 320 g/mol. The lowest BCUT2D eigenvalue weighted by Gasteiger charge is -2.32. The van der Waals surface area contributed by atoms with Crippen molar-refractivity contribution in [3.8, 4) is 0 Å². The van der Waals surface area contributed by atoms with E-state index < -0.39 is 0 Å². The molecule has 1 saturated heterocycles. The Kier molecular flexibility index (Phi) is 5.83. The number of aromatic nitrogens is 2. The van der Waals surface area contributed by atoms with E-state index in [-0.39, 0.29) is 0 Å². The maximum atomic E-state index is 6.34. The fraction of sp³-hybridized carbons (Fsp3) is 0.368. The van der Waals surface area contributed by atoms with E-state index in [0.717, 1.165) is 56.0 Å². The number of anilines is 1. The number of hydrogen-bond acceptors (Lipinski definition) is 4. The fourth-order valence-corrected chi connectivity index (χ4v) is 3.26. The highest BCUT2D eigenvalue weighted by atomic mass is 35.5. The lowest BCUT2D eigenvalue weighted by atomic mass is 10.0. The van der Waals surface area contributed by atoms with Crippen LogP contribution in [0.2, 0.25) is 5.02 Å². The summed E-state index contributed by atoms with van der Waals surface area (Å²) in [6, 6.07) is 8.46. The van der Waals surface area contributed by atoms with E-state index in [4.69, 9.17) is 11.6 Å². The van der Waals surface area contributed by atoms with Crippen molar-refractivity contribution >= 4 is 17.4 Å². The van der Waals surface area contributed by atoms with Crippen LogP contribution in [0.3, 0.4) is 0 Å². The average Bonchev–Trinajstić information content (AvgIpc) is 2.60. The third-order valence-electron chi connectivity index (χ3n) is 4.32. The predicted octanol–water partition coefficient (Wildman–Crippen LogP) is 3.94. The Balaban J connectivity index is 1.51. The van der Waals surface area contributed by atoms with Gasteiger partial charge in [0.15, 0.2) is 0 Å². The molecule has 0 radical (unpaired) electrons. The molecule has 0 amide bonds. The SMILES string of the molecule is C=CCc1cnc(NC2CCN(Cc3ccccn3)CC2)c(Cl)c1. The second kappa shape index (κ2) is 8.27. The summed E-state index contributed by atoms with van der Waals surface area (Å²) in [5.74, 6) is 0.785. The van der Waals surface area contributed by atoms with E-state index in [0.29, 0.717) is 11.1 Å². The van der Waals surface area contributed by atoms with Crippen molar-refractivity contribution in [2.75, 3.05) is 18.4 Å². The molecule has 1 aliphatic rings. The number of piperidine rings is 1. The van der Waals surface area contributed by atoms with Crippen molar-refractivity contribution in [3.63, 3.8) is 0 Å². The Morgan fingerprint density at radius 3 is 2.79 bits per heavy atom. The second-order valence-electron chi connectivity index (χ2n) is 6.18. The van der Waals surface area contributed by atoms with E-state index in [1.807, 2.05) is 36.7 Å². The zero-order chi connectivity index (χ0) is 16.8. The maximum Gasteiger partial charge on any atom is 0.144 e. The predicted molar refractivity (Wildman–Crippen MR) is 99.3 cm³/mol. The summed E-state index contributed by atoms with van der Waals surface area (Å²) in [6.45, 7) is 6.77. The highest BCUT2D eigenvalue weighted by molar-refractivity contribution is 6.32. The molecule has 126 valence electrons. The first kappa shape index (κ1) is 16.9. The van der Waals surface area contributed by atoms with Crippen LogP contribution >= 0.6 is 11.6 Å². The number of rotatable bonds is 6. The maximum absolute atomic E-state index is 6.34. The van der Waals surface area contributed by atoms with Crippen molar-refractivity contribution < 1.29 is 0 Å². The van der Waals surface area contributed by atoms with E-state index >= 15 is 0 Å². The molecule has 0 unspecified atom stereocenters. The zero-order valence-corrected chi connectivity index (χ0v) is 14.5. The monoisotopic (exact) mass is 342 g/mol.